The minimum Gasteiger partial charge on any atom is -0.311 e. The number of nitrogens with zero attached hydrogens (tertiary/aromatic N) is 4. The van der Waals surface area contributed by atoms with E-state index in [-0.39, 0.29) is 0 Å². The van der Waals surface area contributed by atoms with E-state index in [1.807, 2.05) is 0 Å². The highest BCUT2D eigenvalue weighted by molar-refractivity contribution is 5.46. The van der Waals surface area contributed by atoms with E-state index in [4.69, 9.17) is 4.98 Å². The van der Waals surface area contributed by atoms with Gasteiger partial charge in [0.15, 0.2) is 11.6 Å². The summed E-state index contributed by atoms with van der Waals surface area (Å²) in [5, 5.41) is 3.35. The first-order chi connectivity index (χ1) is 9.25. The maximum atomic E-state index is 4.69. The van der Waals surface area contributed by atoms with Crippen LogP contribution in [0.15, 0.2) is 18.5 Å². The minimum atomic E-state index is 0.386. The van der Waals surface area contributed by atoms with Gasteiger partial charge in [-0.3, -0.25) is 0 Å². The Kier molecular flexibility index (Phi) is 3.21. The van der Waals surface area contributed by atoms with E-state index in [1.54, 1.807) is 18.5 Å². The number of hydrogen-bond acceptors (Lipinski definition) is 5. The van der Waals surface area contributed by atoms with Gasteiger partial charge in [-0.25, -0.2) is 19.9 Å². The van der Waals surface area contributed by atoms with Gasteiger partial charge in [-0.15, -0.1) is 0 Å². The van der Waals surface area contributed by atoms with Crippen molar-refractivity contribution in [3.05, 3.63) is 35.4 Å². The van der Waals surface area contributed by atoms with Crippen molar-refractivity contribution >= 4 is 0 Å². The molecule has 0 fully saturated rings. The van der Waals surface area contributed by atoms with E-state index in [0.29, 0.717) is 17.6 Å². The van der Waals surface area contributed by atoms with Crippen molar-refractivity contribution in [3.63, 3.8) is 0 Å². The van der Waals surface area contributed by atoms with Crippen LogP contribution in [0.5, 0.6) is 0 Å². The second-order valence-electron chi connectivity index (χ2n) is 5.01. The summed E-state index contributed by atoms with van der Waals surface area (Å²) in [6, 6.07) is 1.80. The largest absolute Gasteiger partial charge is 0.311 e. The second-order valence-corrected chi connectivity index (χ2v) is 5.01. The Morgan fingerprint density at radius 2 is 1.89 bits per heavy atom. The molecule has 19 heavy (non-hydrogen) atoms. The van der Waals surface area contributed by atoms with Crippen LogP contribution in [0, 0.1) is 0 Å². The molecule has 0 atom stereocenters. The first-order valence-electron chi connectivity index (χ1n) is 6.63. The monoisotopic (exact) mass is 255 g/mol. The highest BCUT2D eigenvalue weighted by Gasteiger charge is 2.20. The lowest BCUT2D eigenvalue weighted by Crippen LogP contribution is -2.27. The average molecular weight is 255 g/mol. The van der Waals surface area contributed by atoms with Crippen molar-refractivity contribution in [2.45, 2.75) is 32.7 Å². The van der Waals surface area contributed by atoms with Crippen LogP contribution in [-0.4, -0.2) is 26.5 Å². The van der Waals surface area contributed by atoms with E-state index in [9.17, 15) is 0 Å². The summed E-state index contributed by atoms with van der Waals surface area (Å²) in [7, 11) is 0. The Morgan fingerprint density at radius 1 is 1.11 bits per heavy atom. The topological polar surface area (TPSA) is 63.6 Å². The van der Waals surface area contributed by atoms with Gasteiger partial charge in [0.2, 0.25) is 0 Å². The Labute approximate surface area is 112 Å². The van der Waals surface area contributed by atoms with Crippen molar-refractivity contribution < 1.29 is 0 Å². The number of fused-ring (bicyclic) bond motifs is 1. The summed E-state index contributed by atoms with van der Waals surface area (Å²) >= 11 is 0. The van der Waals surface area contributed by atoms with Crippen LogP contribution in [0.4, 0.5) is 0 Å². The van der Waals surface area contributed by atoms with Crippen LogP contribution in [-0.2, 0) is 13.0 Å². The summed E-state index contributed by atoms with van der Waals surface area (Å²) < 4.78 is 0. The molecule has 0 bridgehead atoms. The van der Waals surface area contributed by atoms with Crippen LogP contribution in [0.1, 0.15) is 36.7 Å². The third kappa shape index (κ3) is 2.33. The van der Waals surface area contributed by atoms with E-state index in [0.717, 1.165) is 30.9 Å². The van der Waals surface area contributed by atoms with Crippen molar-refractivity contribution in [2.75, 3.05) is 6.54 Å². The predicted octanol–water partition coefficient (Wildman–Crippen LogP) is 1.70. The Balaban J connectivity index is 2.14. The zero-order valence-corrected chi connectivity index (χ0v) is 11.2. The molecule has 5 nitrogen and oxygen atoms in total. The molecule has 98 valence electrons. The van der Waals surface area contributed by atoms with Crippen LogP contribution in [0.3, 0.4) is 0 Å². The molecule has 0 radical (unpaired) electrons. The highest BCUT2D eigenvalue weighted by Crippen LogP contribution is 2.24. The molecule has 2 aromatic rings. The molecular weight excluding hydrogens is 238 g/mol. The van der Waals surface area contributed by atoms with Gasteiger partial charge in [0.05, 0.1) is 11.4 Å². The molecule has 1 aliphatic heterocycles. The Bertz CT molecular complexity index is 580. The summed E-state index contributed by atoms with van der Waals surface area (Å²) in [5.74, 6) is 1.61. The van der Waals surface area contributed by atoms with Crippen LogP contribution in [0.25, 0.3) is 11.6 Å². The molecule has 3 heterocycles. The quantitative estimate of drug-likeness (QED) is 0.885. The number of aromatic nitrogens is 4. The van der Waals surface area contributed by atoms with Gasteiger partial charge in [-0.05, 0) is 30.5 Å². The molecule has 0 amide bonds. The molecule has 0 aromatic carbocycles. The lowest BCUT2D eigenvalue weighted by Gasteiger charge is -2.21. The van der Waals surface area contributed by atoms with Crippen molar-refractivity contribution in [1.82, 2.24) is 25.3 Å². The third-order valence-corrected chi connectivity index (χ3v) is 3.28. The van der Waals surface area contributed by atoms with E-state index >= 15 is 0 Å². The summed E-state index contributed by atoms with van der Waals surface area (Å²) in [5.41, 5.74) is 3.52. The first-order valence-corrected chi connectivity index (χ1v) is 6.63. The van der Waals surface area contributed by atoms with Gasteiger partial charge in [0.25, 0.3) is 0 Å². The predicted molar refractivity (Wildman–Crippen MR) is 72.6 cm³/mol. The molecule has 0 unspecified atom stereocenters. The number of hydrogen-bond donors (Lipinski definition) is 1. The zero-order valence-electron chi connectivity index (χ0n) is 11.2. The standard InChI is InChI=1S/C14H17N5/c1-9(2)12-10-4-7-15-8-11(10)18-14(19-12)13-16-5-3-6-17-13/h3,5-6,9,15H,4,7-8H2,1-2H3. The molecule has 0 spiro atoms. The van der Waals surface area contributed by atoms with Crippen molar-refractivity contribution in [1.29, 1.82) is 0 Å². The summed E-state index contributed by atoms with van der Waals surface area (Å²) in [6.07, 6.45) is 4.44. The van der Waals surface area contributed by atoms with Crippen LogP contribution < -0.4 is 5.32 Å². The molecule has 2 aromatic heterocycles. The Hall–Kier alpha value is -1.88. The first kappa shape index (κ1) is 12.2. The smallest absolute Gasteiger partial charge is 0.198 e. The van der Waals surface area contributed by atoms with Crippen LogP contribution in [0.2, 0.25) is 0 Å². The highest BCUT2D eigenvalue weighted by atomic mass is 15.0. The van der Waals surface area contributed by atoms with Gasteiger partial charge in [-0.1, -0.05) is 13.8 Å². The molecule has 3 rings (SSSR count). The molecule has 1 N–H and O–H groups in total. The molecule has 0 aliphatic carbocycles. The van der Waals surface area contributed by atoms with Crippen LogP contribution >= 0.6 is 0 Å². The molecular formula is C14H17N5. The number of rotatable bonds is 2. The summed E-state index contributed by atoms with van der Waals surface area (Å²) in [6.45, 7) is 6.13. The molecule has 5 heteroatoms. The maximum absolute atomic E-state index is 4.69. The maximum Gasteiger partial charge on any atom is 0.198 e. The fraction of sp³-hybridized carbons (Fsp3) is 0.429. The second kappa shape index (κ2) is 5.01. The average Bonchev–Trinajstić information content (AvgIpc) is 2.47. The van der Waals surface area contributed by atoms with Gasteiger partial charge < -0.3 is 5.32 Å². The fourth-order valence-corrected chi connectivity index (χ4v) is 2.38. The number of nitrogens with one attached hydrogen (secondary N) is 1. The van der Waals surface area contributed by atoms with Gasteiger partial charge in [-0.2, -0.15) is 0 Å². The van der Waals surface area contributed by atoms with E-state index in [2.05, 4.69) is 34.1 Å². The Morgan fingerprint density at radius 3 is 2.63 bits per heavy atom. The summed E-state index contributed by atoms with van der Waals surface area (Å²) in [4.78, 5) is 17.8. The van der Waals surface area contributed by atoms with Gasteiger partial charge >= 0.3 is 0 Å². The lowest BCUT2D eigenvalue weighted by atomic mass is 9.97. The SMILES string of the molecule is CC(C)c1nc(-c2ncccn2)nc2c1CCNC2. The molecule has 0 saturated carbocycles. The third-order valence-electron chi connectivity index (χ3n) is 3.28. The van der Waals surface area contributed by atoms with Crippen molar-refractivity contribution in [3.8, 4) is 11.6 Å². The van der Waals surface area contributed by atoms with E-state index < -0.39 is 0 Å². The van der Waals surface area contributed by atoms with Gasteiger partial charge in [0.1, 0.15) is 0 Å². The fourth-order valence-electron chi connectivity index (χ4n) is 2.38. The van der Waals surface area contributed by atoms with E-state index in [1.165, 1.54) is 5.56 Å². The molecule has 0 saturated heterocycles. The minimum absolute atomic E-state index is 0.386. The molecule has 1 aliphatic rings. The van der Waals surface area contributed by atoms with Gasteiger partial charge in [0, 0.05) is 18.9 Å². The van der Waals surface area contributed by atoms with Crippen molar-refractivity contribution in [2.24, 2.45) is 0 Å². The lowest BCUT2D eigenvalue weighted by molar-refractivity contribution is 0.609. The normalized spacial score (nSPS) is 14.5. The zero-order chi connectivity index (χ0) is 13.2.